The van der Waals surface area contributed by atoms with Gasteiger partial charge in [0.25, 0.3) is 0 Å². The van der Waals surface area contributed by atoms with Gasteiger partial charge in [-0.2, -0.15) is 0 Å². The topological polar surface area (TPSA) is 17.1 Å². The lowest BCUT2D eigenvalue weighted by Crippen LogP contribution is -1.91. The minimum atomic E-state index is 0.778. The summed E-state index contributed by atoms with van der Waals surface area (Å²) in [6.45, 7) is 1.93. The van der Waals surface area contributed by atoms with E-state index in [-0.39, 0.29) is 0 Å². The van der Waals surface area contributed by atoms with Crippen LogP contribution in [0.2, 0.25) is 0 Å². The molecular formula is C8H6BrIO. The van der Waals surface area contributed by atoms with Gasteiger partial charge in [-0.05, 0) is 47.2 Å². The second-order valence-electron chi connectivity index (χ2n) is 2.19. The Kier molecular flexibility index (Phi) is 3.06. The van der Waals surface area contributed by atoms with Crippen molar-refractivity contribution in [2.75, 3.05) is 0 Å². The fraction of sp³-hybridized carbons (Fsp3) is 0.125. The number of halogens is 2. The number of carbonyl (C=O) groups is 1. The van der Waals surface area contributed by atoms with Gasteiger partial charge in [-0.3, -0.25) is 4.79 Å². The predicted octanol–water partition coefficient (Wildman–Crippen LogP) is 3.17. The van der Waals surface area contributed by atoms with Gasteiger partial charge in [-0.15, -0.1) is 0 Å². The molecule has 1 aromatic carbocycles. The Labute approximate surface area is 87.5 Å². The van der Waals surface area contributed by atoms with E-state index in [2.05, 4.69) is 38.5 Å². The van der Waals surface area contributed by atoms with E-state index in [9.17, 15) is 4.79 Å². The van der Waals surface area contributed by atoms with Gasteiger partial charge in [0.1, 0.15) is 0 Å². The van der Waals surface area contributed by atoms with Crippen LogP contribution in [-0.4, -0.2) is 6.29 Å². The average molecular weight is 325 g/mol. The first-order valence-corrected chi connectivity index (χ1v) is 4.93. The maximum absolute atomic E-state index is 10.6. The van der Waals surface area contributed by atoms with E-state index in [1.165, 1.54) is 0 Å². The zero-order valence-corrected chi connectivity index (χ0v) is 9.64. The average Bonchev–Trinajstić information content (AvgIpc) is 1.99. The fourth-order valence-electron chi connectivity index (χ4n) is 0.814. The van der Waals surface area contributed by atoms with E-state index in [0.29, 0.717) is 0 Å². The maximum atomic E-state index is 10.6. The molecule has 0 aliphatic rings. The van der Waals surface area contributed by atoms with Crippen LogP contribution < -0.4 is 0 Å². The molecule has 11 heavy (non-hydrogen) atoms. The molecule has 0 saturated heterocycles. The van der Waals surface area contributed by atoms with Crippen LogP contribution >= 0.6 is 38.5 Å². The zero-order valence-electron chi connectivity index (χ0n) is 5.90. The summed E-state index contributed by atoms with van der Waals surface area (Å²) in [5.74, 6) is 0. The molecule has 1 rings (SSSR count). The Morgan fingerprint density at radius 2 is 2.18 bits per heavy atom. The molecule has 0 amide bonds. The van der Waals surface area contributed by atoms with E-state index in [1.807, 2.05) is 19.1 Å². The van der Waals surface area contributed by atoms with Gasteiger partial charge in [0, 0.05) is 13.6 Å². The number of rotatable bonds is 1. The van der Waals surface area contributed by atoms with Crippen molar-refractivity contribution >= 4 is 44.8 Å². The second-order valence-corrected chi connectivity index (χ2v) is 4.20. The Balaban J connectivity index is 3.40. The van der Waals surface area contributed by atoms with Gasteiger partial charge in [0.15, 0.2) is 6.29 Å². The molecule has 0 radical (unpaired) electrons. The summed E-state index contributed by atoms with van der Waals surface area (Å²) >= 11 is 5.51. The van der Waals surface area contributed by atoms with Crippen molar-refractivity contribution in [1.82, 2.24) is 0 Å². The highest BCUT2D eigenvalue weighted by molar-refractivity contribution is 14.1. The van der Waals surface area contributed by atoms with E-state index in [0.717, 1.165) is 25.5 Å². The minimum absolute atomic E-state index is 0.778. The number of benzene rings is 1. The lowest BCUT2D eigenvalue weighted by atomic mass is 10.1. The monoisotopic (exact) mass is 324 g/mol. The molecule has 0 aliphatic carbocycles. The molecule has 0 fully saturated rings. The Morgan fingerprint density at radius 1 is 1.55 bits per heavy atom. The highest BCUT2D eigenvalue weighted by Crippen LogP contribution is 2.22. The molecule has 0 atom stereocenters. The van der Waals surface area contributed by atoms with Gasteiger partial charge in [0.2, 0.25) is 0 Å². The van der Waals surface area contributed by atoms with Crippen LogP contribution in [0, 0.1) is 10.5 Å². The Morgan fingerprint density at radius 3 is 2.64 bits per heavy atom. The highest BCUT2D eigenvalue weighted by Gasteiger charge is 2.04. The molecule has 0 saturated carbocycles. The molecule has 0 N–H and O–H groups in total. The first-order valence-electron chi connectivity index (χ1n) is 3.06. The molecule has 1 nitrogen and oxygen atoms in total. The molecule has 1 aromatic rings. The highest BCUT2D eigenvalue weighted by atomic mass is 127. The standard InChI is InChI=1S/C8H6BrIO/c1-5-6(4-11)8(10)3-2-7(5)9/h2-4H,1H3. The molecule has 0 heterocycles. The normalized spacial score (nSPS) is 9.73. The first kappa shape index (κ1) is 9.19. The summed E-state index contributed by atoms with van der Waals surface area (Å²) in [7, 11) is 0. The van der Waals surface area contributed by atoms with Crippen molar-refractivity contribution in [2.24, 2.45) is 0 Å². The van der Waals surface area contributed by atoms with E-state index < -0.39 is 0 Å². The molecule has 0 bridgehead atoms. The molecule has 0 unspecified atom stereocenters. The molecule has 0 aromatic heterocycles. The second kappa shape index (κ2) is 3.67. The molecule has 0 spiro atoms. The summed E-state index contributed by atoms with van der Waals surface area (Å²) in [4.78, 5) is 10.6. The third kappa shape index (κ3) is 1.82. The van der Waals surface area contributed by atoms with Crippen LogP contribution in [0.25, 0.3) is 0 Å². The molecule has 0 aliphatic heterocycles. The van der Waals surface area contributed by atoms with Crippen LogP contribution in [0.5, 0.6) is 0 Å². The number of hydrogen-bond acceptors (Lipinski definition) is 1. The van der Waals surface area contributed by atoms with E-state index in [1.54, 1.807) is 0 Å². The van der Waals surface area contributed by atoms with Crippen molar-refractivity contribution in [3.05, 3.63) is 31.3 Å². The quantitative estimate of drug-likeness (QED) is 0.573. The van der Waals surface area contributed by atoms with Crippen molar-refractivity contribution in [3.8, 4) is 0 Å². The van der Waals surface area contributed by atoms with Crippen molar-refractivity contribution in [3.63, 3.8) is 0 Å². The number of hydrogen-bond donors (Lipinski definition) is 0. The third-order valence-electron chi connectivity index (χ3n) is 1.51. The maximum Gasteiger partial charge on any atom is 0.151 e. The van der Waals surface area contributed by atoms with Gasteiger partial charge in [-0.25, -0.2) is 0 Å². The smallest absolute Gasteiger partial charge is 0.151 e. The summed E-state index contributed by atoms with van der Waals surface area (Å²) in [5.41, 5.74) is 1.78. The summed E-state index contributed by atoms with van der Waals surface area (Å²) in [5, 5.41) is 0. The Hall–Kier alpha value is 0.1000. The SMILES string of the molecule is Cc1c(Br)ccc(I)c1C=O. The van der Waals surface area contributed by atoms with Crippen molar-refractivity contribution < 1.29 is 4.79 Å². The van der Waals surface area contributed by atoms with Gasteiger partial charge in [-0.1, -0.05) is 15.9 Å². The predicted molar refractivity (Wildman–Crippen MR) is 57.0 cm³/mol. The Bertz CT molecular complexity index is 296. The van der Waals surface area contributed by atoms with Gasteiger partial charge >= 0.3 is 0 Å². The largest absolute Gasteiger partial charge is 0.298 e. The van der Waals surface area contributed by atoms with Crippen LogP contribution in [0.3, 0.4) is 0 Å². The number of carbonyl (C=O) groups excluding carboxylic acids is 1. The van der Waals surface area contributed by atoms with Crippen molar-refractivity contribution in [1.29, 1.82) is 0 Å². The summed E-state index contributed by atoms with van der Waals surface area (Å²) < 4.78 is 1.98. The molecular weight excluding hydrogens is 319 g/mol. The molecule has 3 heteroatoms. The van der Waals surface area contributed by atoms with Crippen LogP contribution in [0.1, 0.15) is 15.9 Å². The summed E-state index contributed by atoms with van der Waals surface area (Å²) in [6, 6.07) is 3.87. The van der Waals surface area contributed by atoms with E-state index >= 15 is 0 Å². The van der Waals surface area contributed by atoms with Gasteiger partial charge in [0.05, 0.1) is 0 Å². The molecule has 58 valence electrons. The van der Waals surface area contributed by atoms with E-state index in [4.69, 9.17) is 0 Å². The summed E-state index contributed by atoms with van der Waals surface area (Å²) in [6.07, 6.45) is 0.891. The van der Waals surface area contributed by atoms with Crippen LogP contribution in [0.4, 0.5) is 0 Å². The van der Waals surface area contributed by atoms with Crippen LogP contribution in [0.15, 0.2) is 16.6 Å². The third-order valence-corrected chi connectivity index (χ3v) is 3.31. The first-order chi connectivity index (χ1) is 5.16. The minimum Gasteiger partial charge on any atom is -0.298 e. The lowest BCUT2D eigenvalue weighted by molar-refractivity contribution is 0.112. The lowest BCUT2D eigenvalue weighted by Gasteiger charge is -2.02. The number of aldehydes is 1. The van der Waals surface area contributed by atoms with Crippen molar-refractivity contribution in [2.45, 2.75) is 6.92 Å². The fourth-order valence-corrected chi connectivity index (χ4v) is 1.87. The zero-order chi connectivity index (χ0) is 8.43. The van der Waals surface area contributed by atoms with Gasteiger partial charge < -0.3 is 0 Å². The van der Waals surface area contributed by atoms with Crippen LogP contribution in [-0.2, 0) is 0 Å².